The maximum Gasteiger partial charge on any atom is 0.233 e. The van der Waals surface area contributed by atoms with Gasteiger partial charge in [0, 0.05) is 23.7 Å². The van der Waals surface area contributed by atoms with Crippen LogP contribution in [0.1, 0.15) is 13.8 Å². The number of nitrogens with two attached hydrogens (primary N) is 1. The molecule has 2 aromatic rings. The van der Waals surface area contributed by atoms with E-state index in [9.17, 15) is 4.79 Å². The minimum Gasteiger partial charge on any atom is -0.372 e. The van der Waals surface area contributed by atoms with Crippen LogP contribution >= 0.6 is 23.4 Å². The van der Waals surface area contributed by atoms with Crippen molar-refractivity contribution in [2.24, 2.45) is 0 Å². The Morgan fingerprint density at radius 3 is 2.76 bits per heavy atom. The number of benzene rings is 1. The van der Waals surface area contributed by atoms with E-state index in [0.717, 1.165) is 5.56 Å². The lowest BCUT2D eigenvalue weighted by Crippen LogP contribution is -2.48. The Morgan fingerprint density at radius 1 is 1.36 bits per heavy atom. The van der Waals surface area contributed by atoms with Crippen molar-refractivity contribution in [2.75, 3.05) is 24.7 Å². The van der Waals surface area contributed by atoms with Crippen molar-refractivity contribution in [2.45, 2.75) is 31.2 Å². The number of thioether (sulfide) groups is 1. The average Bonchev–Trinajstić information content (AvgIpc) is 2.92. The number of morpholine rings is 1. The largest absolute Gasteiger partial charge is 0.372 e. The molecule has 7 nitrogen and oxygen atoms in total. The first-order valence-electron chi connectivity index (χ1n) is 7.96. The molecule has 2 atom stereocenters. The molecule has 0 unspecified atom stereocenters. The Kier molecular flexibility index (Phi) is 5.51. The van der Waals surface area contributed by atoms with E-state index < -0.39 is 0 Å². The first-order chi connectivity index (χ1) is 11.9. The summed E-state index contributed by atoms with van der Waals surface area (Å²) in [5.74, 6) is 6.88. The average molecular weight is 382 g/mol. The summed E-state index contributed by atoms with van der Waals surface area (Å²) < 4.78 is 7.04. The molecule has 0 saturated carbocycles. The minimum atomic E-state index is 0.0410. The molecule has 2 N–H and O–H groups in total. The van der Waals surface area contributed by atoms with Gasteiger partial charge >= 0.3 is 0 Å². The molecule has 1 aliphatic heterocycles. The van der Waals surface area contributed by atoms with E-state index >= 15 is 0 Å². The van der Waals surface area contributed by atoms with E-state index in [1.165, 1.54) is 16.4 Å². The highest BCUT2D eigenvalue weighted by Crippen LogP contribution is 2.24. The smallest absolute Gasteiger partial charge is 0.233 e. The molecule has 25 heavy (non-hydrogen) atoms. The molecule has 1 aromatic carbocycles. The molecule has 1 aliphatic rings. The van der Waals surface area contributed by atoms with Gasteiger partial charge in [-0.15, -0.1) is 10.2 Å². The Bertz CT molecular complexity index is 759. The molecule has 2 heterocycles. The molecule has 0 spiro atoms. The summed E-state index contributed by atoms with van der Waals surface area (Å²) in [4.78, 5) is 14.2. The molecule has 0 radical (unpaired) electrons. The van der Waals surface area contributed by atoms with Gasteiger partial charge in [-0.2, -0.15) is 0 Å². The van der Waals surface area contributed by atoms with Gasteiger partial charge in [-0.1, -0.05) is 35.5 Å². The van der Waals surface area contributed by atoms with Crippen LogP contribution in [0.5, 0.6) is 0 Å². The second kappa shape index (κ2) is 7.63. The van der Waals surface area contributed by atoms with Gasteiger partial charge in [0.05, 0.1) is 18.0 Å². The highest BCUT2D eigenvalue weighted by molar-refractivity contribution is 7.99. The van der Waals surface area contributed by atoms with Crippen molar-refractivity contribution >= 4 is 29.3 Å². The molecule has 0 aliphatic carbocycles. The number of nitrogen functional groups attached to an aromatic ring is 1. The quantitative estimate of drug-likeness (QED) is 0.644. The summed E-state index contributed by atoms with van der Waals surface area (Å²) in [7, 11) is 0. The molecular weight excluding hydrogens is 362 g/mol. The Morgan fingerprint density at radius 2 is 2.08 bits per heavy atom. The Labute approximate surface area is 155 Å². The first kappa shape index (κ1) is 18.0. The predicted molar refractivity (Wildman–Crippen MR) is 97.9 cm³/mol. The van der Waals surface area contributed by atoms with E-state index in [2.05, 4.69) is 10.2 Å². The standard InChI is InChI=1S/C16H20ClN5O2S/c1-10-7-21(8-11(2)24-10)14(23)9-25-16-20-19-15(22(16)18)12-4-3-5-13(17)6-12/h3-6,10-11H,7-9,18H2,1-2H3/t10-,11+. The van der Waals surface area contributed by atoms with Crippen molar-refractivity contribution in [3.8, 4) is 11.4 Å². The number of nitrogens with zero attached hydrogens (tertiary/aromatic N) is 4. The predicted octanol–water partition coefficient (Wildman–Crippen LogP) is 2.04. The van der Waals surface area contributed by atoms with Crippen molar-refractivity contribution in [3.63, 3.8) is 0 Å². The van der Waals surface area contributed by atoms with Gasteiger partial charge in [0.25, 0.3) is 0 Å². The van der Waals surface area contributed by atoms with E-state index in [1.54, 1.807) is 12.1 Å². The maximum absolute atomic E-state index is 12.4. The molecule has 1 aromatic heterocycles. The number of hydrogen-bond acceptors (Lipinski definition) is 6. The number of amides is 1. The third-order valence-electron chi connectivity index (χ3n) is 3.84. The molecule has 0 bridgehead atoms. The van der Waals surface area contributed by atoms with Crippen LogP contribution in [0.4, 0.5) is 0 Å². The summed E-state index contributed by atoms with van der Waals surface area (Å²) >= 11 is 7.27. The van der Waals surface area contributed by atoms with Gasteiger partial charge in [0.2, 0.25) is 11.1 Å². The van der Waals surface area contributed by atoms with Crippen molar-refractivity contribution < 1.29 is 9.53 Å². The summed E-state index contributed by atoms with van der Waals surface area (Å²) in [5.41, 5.74) is 0.775. The van der Waals surface area contributed by atoms with Crippen molar-refractivity contribution in [1.82, 2.24) is 19.8 Å². The fraction of sp³-hybridized carbons (Fsp3) is 0.438. The molecule has 134 valence electrons. The van der Waals surface area contributed by atoms with Gasteiger partial charge in [-0.3, -0.25) is 4.79 Å². The number of ether oxygens (including phenoxy) is 1. The third kappa shape index (κ3) is 4.26. The number of carbonyl (C=O) groups excluding carboxylic acids is 1. The summed E-state index contributed by atoms with van der Waals surface area (Å²) in [6.07, 6.45) is 0.0931. The molecule has 1 saturated heterocycles. The highest BCUT2D eigenvalue weighted by atomic mass is 35.5. The van der Waals surface area contributed by atoms with E-state index in [-0.39, 0.29) is 23.9 Å². The van der Waals surface area contributed by atoms with Crippen LogP contribution in [0.2, 0.25) is 5.02 Å². The Hall–Kier alpha value is -1.77. The zero-order chi connectivity index (χ0) is 18.0. The lowest BCUT2D eigenvalue weighted by molar-refractivity contribution is -0.140. The number of hydrogen-bond donors (Lipinski definition) is 1. The molecule has 3 rings (SSSR count). The second-order valence-electron chi connectivity index (χ2n) is 6.03. The van der Waals surface area contributed by atoms with Crippen LogP contribution in [-0.2, 0) is 9.53 Å². The minimum absolute atomic E-state index is 0.0410. The van der Waals surface area contributed by atoms with E-state index in [1.807, 2.05) is 30.9 Å². The lowest BCUT2D eigenvalue weighted by Gasteiger charge is -2.35. The van der Waals surface area contributed by atoms with Crippen molar-refractivity contribution in [1.29, 1.82) is 0 Å². The summed E-state index contributed by atoms with van der Waals surface area (Å²) in [6.45, 7) is 5.15. The zero-order valence-corrected chi connectivity index (χ0v) is 15.6. The van der Waals surface area contributed by atoms with Crippen LogP contribution in [-0.4, -0.2) is 56.7 Å². The van der Waals surface area contributed by atoms with Crippen molar-refractivity contribution in [3.05, 3.63) is 29.3 Å². The fourth-order valence-electron chi connectivity index (χ4n) is 2.80. The lowest BCUT2D eigenvalue weighted by atomic mass is 10.2. The van der Waals surface area contributed by atoms with E-state index in [4.69, 9.17) is 22.2 Å². The number of rotatable bonds is 4. The van der Waals surface area contributed by atoms with Gasteiger partial charge in [-0.05, 0) is 26.0 Å². The first-order valence-corrected chi connectivity index (χ1v) is 9.33. The fourth-order valence-corrected chi connectivity index (χ4v) is 3.75. The molecule has 9 heteroatoms. The second-order valence-corrected chi connectivity index (χ2v) is 7.41. The number of aromatic nitrogens is 3. The van der Waals surface area contributed by atoms with Gasteiger partial charge < -0.3 is 15.5 Å². The molecular formula is C16H20ClN5O2S. The van der Waals surface area contributed by atoms with Gasteiger partial charge in [-0.25, -0.2) is 4.68 Å². The SMILES string of the molecule is C[C@@H]1CN(C(=O)CSc2nnc(-c3cccc(Cl)c3)n2N)C[C@H](C)O1. The zero-order valence-electron chi connectivity index (χ0n) is 14.1. The summed E-state index contributed by atoms with van der Waals surface area (Å²) in [5, 5.41) is 9.27. The van der Waals surface area contributed by atoms with Crippen LogP contribution < -0.4 is 5.84 Å². The van der Waals surface area contributed by atoms with Crippen LogP contribution in [0, 0.1) is 0 Å². The normalized spacial score (nSPS) is 20.7. The van der Waals surface area contributed by atoms with E-state index in [0.29, 0.717) is 29.1 Å². The van der Waals surface area contributed by atoms with Gasteiger partial charge in [0.15, 0.2) is 5.82 Å². The number of halogens is 1. The summed E-state index contributed by atoms with van der Waals surface area (Å²) in [6, 6.07) is 7.23. The van der Waals surface area contributed by atoms with Crippen LogP contribution in [0.15, 0.2) is 29.4 Å². The Balaban J connectivity index is 1.65. The molecule has 1 amide bonds. The topological polar surface area (TPSA) is 86.3 Å². The third-order valence-corrected chi connectivity index (χ3v) is 5.01. The highest BCUT2D eigenvalue weighted by Gasteiger charge is 2.26. The van der Waals surface area contributed by atoms with Crippen LogP contribution in [0.3, 0.4) is 0 Å². The maximum atomic E-state index is 12.4. The van der Waals surface area contributed by atoms with Gasteiger partial charge in [0.1, 0.15) is 0 Å². The number of carbonyl (C=O) groups is 1. The molecule has 1 fully saturated rings. The monoisotopic (exact) mass is 381 g/mol. The van der Waals surface area contributed by atoms with Crippen LogP contribution in [0.25, 0.3) is 11.4 Å².